The van der Waals surface area contributed by atoms with E-state index in [2.05, 4.69) is 53.4 Å². The summed E-state index contributed by atoms with van der Waals surface area (Å²) in [4.78, 5) is 74.0. The standard InChI is InChI=1S/C40H39N7O5/c1-4-23-17-26-28(40(2,3)37-35(36(26)50)25-9-8-22(19-41)16-30(25)43-37)18-32(23)45-12-14-46(15-13-45)34(49)20-42-29-7-5-6-24-27(29)21-47(39(24)52)31-10-11-33(48)44-38(31)51/h5-9,16-18,31,42-43H,4,10-15,20-21H2,1-3H3,(H,44,48,51). The molecule has 4 aromatic rings. The van der Waals surface area contributed by atoms with E-state index in [4.69, 9.17) is 0 Å². The molecule has 1 aliphatic carbocycles. The second-order valence-corrected chi connectivity index (χ2v) is 14.5. The predicted molar refractivity (Wildman–Crippen MR) is 194 cm³/mol. The number of rotatable bonds is 6. The van der Waals surface area contributed by atoms with E-state index in [1.54, 1.807) is 24.3 Å². The van der Waals surface area contributed by atoms with E-state index in [0.717, 1.165) is 45.4 Å². The first-order valence-electron chi connectivity index (χ1n) is 17.8. The monoisotopic (exact) mass is 697 g/mol. The van der Waals surface area contributed by atoms with Crippen LogP contribution < -0.4 is 15.5 Å². The molecule has 3 aromatic carbocycles. The molecule has 3 aliphatic heterocycles. The highest BCUT2D eigenvalue weighted by Gasteiger charge is 2.42. The van der Waals surface area contributed by atoms with Gasteiger partial charge in [-0.25, -0.2) is 0 Å². The van der Waals surface area contributed by atoms with E-state index in [1.807, 2.05) is 23.1 Å². The number of carbonyl (C=O) groups excluding carboxylic acids is 5. The fourth-order valence-corrected chi connectivity index (χ4v) is 8.39. The van der Waals surface area contributed by atoms with Crippen molar-refractivity contribution in [2.75, 3.05) is 42.9 Å². The van der Waals surface area contributed by atoms with Gasteiger partial charge < -0.3 is 25.0 Å². The van der Waals surface area contributed by atoms with Gasteiger partial charge in [-0.3, -0.25) is 29.3 Å². The number of fused-ring (bicyclic) bond motifs is 5. The predicted octanol–water partition coefficient (Wildman–Crippen LogP) is 3.99. The number of nitrogens with one attached hydrogen (secondary N) is 3. The van der Waals surface area contributed by atoms with Crippen molar-refractivity contribution in [1.29, 1.82) is 5.26 Å². The third kappa shape index (κ3) is 5.22. The lowest BCUT2D eigenvalue weighted by Gasteiger charge is -2.39. The number of aromatic nitrogens is 1. The quantitative estimate of drug-likeness (QED) is 0.255. The number of benzene rings is 3. The third-order valence-corrected chi connectivity index (χ3v) is 11.3. The molecule has 12 heteroatoms. The van der Waals surface area contributed by atoms with E-state index in [0.29, 0.717) is 54.1 Å². The Hall–Kier alpha value is -5.96. The van der Waals surface area contributed by atoms with Crippen LogP contribution >= 0.6 is 0 Å². The van der Waals surface area contributed by atoms with Crippen LogP contribution in [0.25, 0.3) is 10.9 Å². The normalized spacial score (nSPS) is 19.3. The number of aryl methyl sites for hydroxylation is 1. The number of H-pyrrole nitrogens is 1. The maximum absolute atomic E-state index is 14.1. The number of piperidine rings is 1. The van der Waals surface area contributed by atoms with Crippen LogP contribution in [0.2, 0.25) is 0 Å². The fourth-order valence-electron chi connectivity index (χ4n) is 8.39. The lowest BCUT2D eigenvalue weighted by atomic mass is 9.70. The Morgan fingerprint density at radius 2 is 1.81 bits per heavy atom. The first-order chi connectivity index (χ1) is 25.0. The molecule has 1 aromatic heterocycles. The first-order valence-corrected chi connectivity index (χ1v) is 17.8. The zero-order valence-corrected chi connectivity index (χ0v) is 29.4. The van der Waals surface area contributed by atoms with E-state index in [9.17, 15) is 29.2 Å². The zero-order chi connectivity index (χ0) is 36.5. The third-order valence-electron chi connectivity index (χ3n) is 11.3. The van der Waals surface area contributed by atoms with Crippen molar-refractivity contribution in [3.63, 3.8) is 0 Å². The van der Waals surface area contributed by atoms with Gasteiger partial charge in [0, 0.05) is 89.2 Å². The number of amides is 4. The summed E-state index contributed by atoms with van der Waals surface area (Å²) in [5.74, 6) is -1.11. The van der Waals surface area contributed by atoms with E-state index in [1.165, 1.54) is 4.90 Å². The summed E-state index contributed by atoms with van der Waals surface area (Å²) < 4.78 is 0. The van der Waals surface area contributed by atoms with Gasteiger partial charge in [-0.2, -0.15) is 5.26 Å². The number of carbonyl (C=O) groups is 5. The second-order valence-electron chi connectivity index (χ2n) is 14.5. The smallest absolute Gasteiger partial charge is 0.255 e. The van der Waals surface area contributed by atoms with Crippen molar-refractivity contribution in [2.24, 2.45) is 0 Å². The number of anilines is 2. The average molecular weight is 698 g/mol. The van der Waals surface area contributed by atoms with Gasteiger partial charge >= 0.3 is 0 Å². The van der Waals surface area contributed by atoms with Crippen LogP contribution in [0.4, 0.5) is 11.4 Å². The Bertz CT molecular complexity index is 2270. The van der Waals surface area contributed by atoms with Crippen LogP contribution in [0, 0.1) is 11.3 Å². The Balaban J connectivity index is 0.957. The van der Waals surface area contributed by atoms with E-state index >= 15 is 0 Å². The molecule has 8 rings (SSSR count). The highest BCUT2D eigenvalue weighted by molar-refractivity contribution is 6.20. The Morgan fingerprint density at radius 3 is 2.54 bits per heavy atom. The highest BCUT2D eigenvalue weighted by Crippen LogP contribution is 2.46. The molecule has 0 saturated carbocycles. The molecule has 4 heterocycles. The summed E-state index contributed by atoms with van der Waals surface area (Å²) in [5.41, 5.74) is 8.08. The molecule has 1 unspecified atom stereocenters. The fraction of sp³-hybridized carbons (Fsp3) is 0.350. The SMILES string of the molecule is CCc1cc2c(cc1N1CCN(C(=O)CNc3cccc4c3CN(C3CCC(=O)NC3=O)C4=O)CC1)C(C)(C)c1[nH]c3cc(C#N)ccc3c1C2=O. The van der Waals surface area contributed by atoms with Crippen LogP contribution in [-0.4, -0.2) is 83.0 Å². The molecular formula is C40H39N7O5. The number of hydrogen-bond acceptors (Lipinski definition) is 8. The molecule has 0 radical (unpaired) electrons. The maximum Gasteiger partial charge on any atom is 0.255 e. The molecule has 52 heavy (non-hydrogen) atoms. The number of nitriles is 1. The number of ketones is 1. The molecule has 12 nitrogen and oxygen atoms in total. The minimum Gasteiger partial charge on any atom is -0.376 e. The van der Waals surface area contributed by atoms with Gasteiger partial charge in [-0.1, -0.05) is 32.9 Å². The Morgan fingerprint density at radius 1 is 1.02 bits per heavy atom. The molecule has 1 atom stereocenters. The summed E-state index contributed by atoms with van der Waals surface area (Å²) in [5, 5.41) is 15.8. The van der Waals surface area contributed by atoms with Crippen LogP contribution in [0.15, 0.2) is 48.5 Å². The molecule has 4 amide bonds. The van der Waals surface area contributed by atoms with E-state index < -0.39 is 17.4 Å². The van der Waals surface area contributed by atoms with Gasteiger partial charge in [-0.15, -0.1) is 0 Å². The number of piperazine rings is 1. The largest absolute Gasteiger partial charge is 0.376 e. The van der Waals surface area contributed by atoms with Crippen LogP contribution in [0.1, 0.15) is 87.8 Å². The topological polar surface area (TPSA) is 159 Å². The summed E-state index contributed by atoms with van der Waals surface area (Å²) >= 11 is 0. The molecule has 2 fully saturated rings. The van der Waals surface area contributed by atoms with Crippen LogP contribution in [-0.2, 0) is 32.8 Å². The highest BCUT2D eigenvalue weighted by atomic mass is 16.2. The van der Waals surface area contributed by atoms with Gasteiger partial charge in [0.25, 0.3) is 5.91 Å². The second kappa shape index (κ2) is 12.4. The minimum absolute atomic E-state index is 0.0124. The summed E-state index contributed by atoms with van der Waals surface area (Å²) in [6.45, 7) is 8.96. The molecule has 3 N–H and O–H groups in total. The van der Waals surface area contributed by atoms with Crippen LogP contribution in [0.3, 0.4) is 0 Å². The van der Waals surface area contributed by atoms with Gasteiger partial charge in [0.1, 0.15) is 6.04 Å². The van der Waals surface area contributed by atoms with Crippen molar-refractivity contribution in [1.82, 2.24) is 20.1 Å². The lowest BCUT2D eigenvalue weighted by molar-refractivity contribution is -0.137. The van der Waals surface area contributed by atoms with Crippen molar-refractivity contribution in [2.45, 2.75) is 58.0 Å². The molecule has 4 aliphatic rings. The first kappa shape index (κ1) is 33.2. The Kier molecular flexibility index (Phi) is 7.90. The molecule has 0 spiro atoms. The number of aromatic amines is 1. The van der Waals surface area contributed by atoms with Crippen molar-refractivity contribution in [3.8, 4) is 6.07 Å². The van der Waals surface area contributed by atoms with Gasteiger partial charge in [0.2, 0.25) is 17.7 Å². The zero-order valence-electron chi connectivity index (χ0n) is 29.4. The number of imide groups is 1. The van der Waals surface area contributed by atoms with Gasteiger partial charge in [0.15, 0.2) is 5.78 Å². The number of nitrogens with zero attached hydrogens (tertiary/aromatic N) is 4. The van der Waals surface area contributed by atoms with Crippen molar-refractivity contribution in [3.05, 3.63) is 93.2 Å². The molecule has 0 bridgehead atoms. The van der Waals surface area contributed by atoms with E-state index in [-0.39, 0.29) is 49.4 Å². The molecular weight excluding hydrogens is 658 g/mol. The van der Waals surface area contributed by atoms with Gasteiger partial charge in [-0.05, 0) is 60.4 Å². The van der Waals surface area contributed by atoms with Crippen molar-refractivity contribution >= 4 is 51.7 Å². The average Bonchev–Trinajstić information content (AvgIpc) is 3.71. The Labute approximate surface area is 300 Å². The summed E-state index contributed by atoms with van der Waals surface area (Å²) in [6.07, 6.45) is 1.22. The molecule has 264 valence electrons. The molecule has 2 saturated heterocycles. The van der Waals surface area contributed by atoms with Crippen LogP contribution in [0.5, 0.6) is 0 Å². The minimum atomic E-state index is -0.706. The maximum atomic E-state index is 14.1. The number of hydrogen-bond donors (Lipinski definition) is 3. The van der Waals surface area contributed by atoms with Gasteiger partial charge in [0.05, 0.1) is 23.7 Å². The van der Waals surface area contributed by atoms with Crippen molar-refractivity contribution < 1.29 is 24.0 Å². The lowest BCUT2D eigenvalue weighted by Crippen LogP contribution is -2.52. The summed E-state index contributed by atoms with van der Waals surface area (Å²) in [6, 6.07) is 16.4. The summed E-state index contributed by atoms with van der Waals surface area (Å²) in [7, 11) is 0.